The van der Waals surface area contributed by atoms with Gasteiger partial charge in [0.05, 0.1) is 11.0 Å². The SMILES string of the molecule is CC1=NSC(CCCl)C1=O. The Morgan fingerprint density at radius 3 is 2.90 bits per heavy atom. The lowest BCUT2D eigenvalue weighted by Crippen LogP contribution is -2.18. The number of rotatable bonds is 2. The van der Waals surface area contributed by atoms with Crippen molar-refractivity contribution in [2.45, 2.75) is 18.6 Å². The smallest absolute Gasteiger partial charge is 0.192 e. The van der Waals surface area contributed by atoms with Gasteiger partial charge in [-0.25, -0.2) is 4.40 Å². The Morgan fingerprint density at radius 1 is 1.80 bits per heavy atom. The number of hydrogen-bond acceptors (Lipinski definition) is 3. The molecule has 0 aliphatic carbocycles. The molecule has 1 rings (SSSR count). The lowest BCUT2D eigenvalue weighted by Gasteiger charge is -2.00. The molecule has 4 heteroatoms. The zero-order chi connectivity index (χ0) is 7.56. The van der Waals surface area contributed by atoms with Gasteiger partial charge in [0.15, 0.2) is 5.78 Å². The van der Waals surface area contributed by atoms with Crippen molar-refractivity contribution < 1.29 is 4.79 Å². The molecule has 0 radical (unpaired) electrons. The van der Waals surface area contributed by atoms with Crippen LogP contribution in [0.1, 0.15) is 13.3 Å². The van der Waals surface area contributed by atoms with E-state index in [9.17, 15) is 4.79 Å². The highest BCUT2D eigenvalue weighted by Gasteiger charge is 2.26. The van der Waals surface area contributed by atoms with Crippen LogP contribution in [0.3, 0.4) is 0 Å². The quantitative estimate of drug-likeness (QED) is 0.475. The molecule has 2 nitrogen and oxygen atoms in total. The molecule has 0 saturated heterocycles. The van der Waals surface area contributed by atoms with E-state index in [0.717, 1.165) is 6.42 Å². The summed E-state index contributed by atoms with van der Waals surface area (Å²) >= 11 is 6.82. The van der Waals surface area contributed by atoms with E-state index in [0.29, 0.717) is 11.6 Å². The van der Waals surface area contributed by atoms with E-state index in [-0.39, 0.29) is 11.0 Å². The van der Waals surface area contributed by atoms with E-state index in [2.05, 4.69) is 4.40 Å². The van der Waals surface area contributed by atoms with Crippen molar-refractivity contribution >= 4 is 35.0 Å². The minimum atomic E-state index is -0.00231. The molecule has 0 N–H and O–H groups in total. The van der Waals surface area contributed by atoms with Crippen LogP contribution in [-0.4, -0.2) is 22.6 Å². The van der Waals surface area contributed by atoms with Gasteiger partial charge < -0.3 is 0 Å². The van der Waals surface area contributed by atoms with Crippen molar-refractivity contribution in [1.29, 1.82) is 0 Å². The van der Waals surface area contributed by atoms with Crippen LogP contribution in [0.5, 0.6) is 0 Å². The molecule has 1 heterocycles. The van der Waals surface area contributed by atoms with Gasteiger partial charge in [-0.3, -0.25) is 4.79 Å². The number of Topliss-reactive ketones (excluding diaryl/α,β-unsaturated/α-hetero) is 1. The van der Waals surface area contributed by atoms with Crippen molar-refractivity contribution in [3.05, 3.63) is 0 Å². The first-order valence-electron chi connectivity index (χ1n) is 3.06. The first-order valence-corrected chi connectivity index (χ1v) is 4.43. The molecule has 0 aromatic rings. The normalized spacial score (nSPS) is 25.2. The lowest BCUT2D eigenvalue weighted by atomic mass is 10.2. The minimum Gasteiger partial charge on any atom is -0.291 e. The maximum absolute atomic E-state index is 11.1. The second-order valence-electron chi connectivity index (χ2n) is 2.11. The van der Waals surface area contributed by atoms with Crippen LogP contribution < -0.4 is 0 Å². The van der Waals surface area contributed by atoms with E-state index in [1.807, 2.05) is 0 Å². The number of hydrogen-bond donors (Lipinski definition) is 0. The second-order valence-corrected chi connectivity index (χ2v) is 3.45. The summed E-state index contributed by atoms with van der Waals surface area (Å²) < 4.78 is 3.94. The van der Waals surface area contributed by atoms with Gasteiger partial charge in [-0.15, -0.1) is 11.6 Å². The average Bonchev–Trinajstić information content (AvgIpc) is 2.20. The molecule has 10 heavy (non-hydrogen) atoms. The Bertz CT molecular complexity index is 181. The topological polar surface area (TPSA) is 29.4 Å². The number of ketones is 1. The zero-order valence-corrected chi connectivity index (χ0v) is 7.21. The van der Waals surface area contributed by atoms with Crippen LogP contribution >= 0.6 is 23.5 Å². The van der Waals surface area contributed by atoms with Gasteiger partial charge in [0, 0.05) is 5.88 Å². The van der Waals surface area contributed by atoms with Gasteiger partial charge in [0.25, 0.3) is 0 Å². The summed E-state index contributed by atoms with van der Waals surface area (Å²) in [6.45, 7) is 1.74. The molecular weight excluding hydrogens is 170 g/mol. The van der Waals surface area contributed by atoms with E-state index >= 15 is 0 Å². The summed E-state index contributed by atoms with van der Waals surface area (Å²) in [5.74, 6) is 0.678. The minimum absolute atomic E-state index is 0.00231. The summed E-state index contributed by atoms with van der Waals surface area (Å²) in [6, 6.07) is 0. The Kier molecular flexibility index (Phi) is 2.74. The number of carbonyl (C=O) groups excluding carboxylic acids is 1. The molecule has 1 aliphatic rings. The summed E-state index contributed by atoms with van der Waals surface area (Å²) in [7, 11) is 0. The predicted octanol–water partition coefficient (Wildman–Crippen LogP) is 1.68. The zero-order valence-electron chi connectivity index (χ0n) is 5.63. The molecule has 56 valence electrons. The standard InChI is InChI=1S/C6H8ClNOS/c1-4-6(9)5(2-3-7)10-8-4/h5H,2-3H2,1H3. The van der Waals surface area contributed by atoms with Crippen molar-refractivity contribution in [2.24, 2.45) is 4.40 Å². The highest BCUT2D eigenvalue weighted by Crippen LogP contribution is 2.24. The Morgan fingerprint density at radius 2 is 2.50 bits per heavy atom. The molecule has 1 aliphatic heterocycles. The Balaban J connectivity index is 2.48. The maximum Gasteiger partial charge on any atom is 0.192 e. The van der Waals surface area contributed by atoms with E-state index < -0.39 is 0 Å². The molecule has 0 aromatic heterocycles. The molecule has 0 saturated carbocycles. The first kappa shape index (κ1) is 8.08. The fourth-order valence-electron chi connectivity index (χ4n) is 0.751. The number of carbonyl (C=O) groups is 1. The average molecular weight is 178 g/mol. The molecule has 0 aromatic carbocycles. The van der Waals surface area contributed by atoms with Crippen LogP contribution in [0.15, 0.2) is 4.40 Å². The van der Waals surface area contributed by atoms with Gasteiger partial charge in [-0.05, 0) is 25.3 Å². The molecule has 0 amide bonds. The van der Waals surface area contributed by atoms with Crippen LogP contribution in [-0.2, 0) is 4.79 Å². The van der Waals surface area contributed by atoms with Crippen LogP contribution in [0.2, 0.25) is 0 Å². The Hall–Kier alpha value is -0.0200. The van der Waals surface area contributed by atoms with E-state index in [4.69, 9.17) is 11.6 Å². The van der Waals surface area contributed by atoms with Gasteiger partial charge in [-0.1, -0.05) is 0 Å². The number of halogens is 1. The van der Waals surface area contributed by atoms with E-state index in [1.165, 1.54) is 11.9 Å². The lowest BCUT2D eigenvalue weighted by molar-refractivity contribution is -0.112. The third kappa shape index (κ3) is 1.52. The number of alkyl halides is 1. The van der Waals surface area contributed by atoms with Crippen LogP contribution in [0, 0.1) is 0 Å². The molecule has 0 bridgehead atoms. The summed E-state index contributed by atoms with van der Waals surface area (Å²) in [5.41, 5.74) is 0.625. The first-order chi connectivity index (χ1) is 4.75. The maximum atomic E-state index is 11.1. The highest BCUT2D eigenvalue weighted by molar-refractivity contribution is 8.00. The Labute approximate surface area is 69.2 Å². The monoisotopic (exact) mass is 177 g/mol. The molecule has 0 fully saturated rings. The van der Waals surface area contributed by atoms with Gasteiger partial charge in [-0.2, -0.15) is 0 Å². The highest BCUT2D eigenvalue weighted by atomic mass is 35.5. The predicted molar refractivity (Wildman–Crippen MR) is 44.8 cm³/mol. The second kappa shape index (κ2) is 3.39. The largest absolute Gasteiger partial charge is 0.291 e. The van der Waals surface area contributed by atoms with Crippen molar-refractivity contribution in [3.8, 4) is 0 Å². The van der Waals surface area contributed by atoms with Gasteiger partial charge in [0.1, 0.15) is 0 Å². The molecule has 0 spiro atoms. The summed E-state index contributed by atoms with van der Waals surface area (Å²) in [5, 5.41) is -0.00231. The summed E-state index contributed by atoms with van der Waals surface area (Å²) in [6.07, 6.45) is 0.728. The fraction of sp³-hybridized carbons (Fsp3) is 0.667. The molecule has 1 unspecified atom stereocenters. The van der Waals surface area contributed by atoms with Crippen molar-refractivity contribution in [3.63, 3.8) is 0 Å². The number of nitrogens with zero attached hydrogens (tertiary/aromatic N) is 1. The third-order valence-electron chi connectivity index (χ3n) is 1.34. The van der Waals surface area contributed by atoms with Gasteiger partial charge >= 0.3 is 0 Å². The van der Waals surface area contributed by atoms with Crippen molar-refractivity contribution in [1.82, 2.24) is 0 Å². The van der Waals surface area contributed by atoms with E-state index in [1.54, 1.807) is 6.92 Å². The van der Waals surface area contributed by atoms with Crippen LogP contribution in [0.25, 0.3) is 0 Å². The van der Waals surface area contributed by atoms with Crippen LogP contribution in [0.4, 0.5) is 0 Å². The summed E-state index contributed by atoms with van der Waals surface area (Å²) in [4.78, 5) is 11.1. The van der Waals surface area contributed by atoms with Crippen molar-refractivity contribution in [2.75, 3.05) is 5.88 Å². The van der Waals surface area contributed by atoms with Gasteiger partial charge in [0.2, 0.25) is 0 Å². The third-order valence-corrected chi connectivity index (χ3v) is 2.64. The molecule has 1 atom stereocenters. The molecular formula is C6H8ClNOS. The fourth-order valence-corrected chi connectivity index (χ4v) is 1.96.